The number of hydrogen-bond acceptors (Lipinski definition) is 3. The SMILES string of the molecule is CC(NCc1ccc2scc(C(C)(C)C)c2c1)N1CCc2ccccc21. The smallest absolute Gasteiger partial charge is 0.0770 e. The summed E-state index contributed by atoms with van der Waals surface area (Å²) in [7, 11) is 0. The van der Waals surface area contributed by atoms with Crippen molar-refractivity contribution in [2.24, 2.45) is 0 Å². The van der Waals surface area contributed by atoms with Gasteiger partial charge in [0.1, 0.15) is 0 Å². The van der Waals surface area contributed by atoms with Gasteiger partial charge in [0.2, 0.25) is 0 Å². The van der Waals surface area contributed by atoms with Crippen LogP contribution < -0.4 is 10.2 Å². The lowest BCUT2D eigenvalue weighted by molar-refractivity contribution is 0.525. The number of benzene rings is 2. The number of para-hydroxylation sites is 1. The van der Waals surface area contributed by atoms with Crippen LogP contribution in [0.1, 0.15) is 44.4 Å². The normalized spacial score (nSPS) is 15.5. The zero-order valence-electron chi connectivity index (χ0n) is 16.2. The van der Waals surface area contributed by atoms with Crippen LogP contribution >= 0.6 is 11.3 Å². The molecule has 0 saturated carbocycles. The molecular formula is C23H28N2S. The lowest BCUT2D eigenvalue weighted by atomic mass is 9.86. The van der Waals surface area contributed by atoms with Crippen molar-refractivity contribution in [1.29, 1.82) is 0 Å². The number of anilines is 1. The van der Waals surface area contributed by atoms with Gasteiger partial charge in [0.15, 0.2) is 0 Å². The van der Waals surface area contributed by atoms with Crippen molar-refractivity contribution in [1.82, 2.24) is 5.32 Å². The zero-order valence-corrected chi connectivity index (χ0v) is 17.0. The molecule has 1 aromatic heterocycles. The Morgan fingerprint density at radius 3 is 2.77 bits per heavy atom. The Morgan fingerprint density at radius 2 is 1.96 bits per heavy atom. The maximum Gasteiger partial charge on any atom is 0.0770 e. The van der Waals surface area contributed by atoms with E-state index in [1.165, 1.54) is 32.5 Å². The van der Waals surface area contributed by atoms with Gasteiger partial charge >= 0.3 is 0 Å². The van der Waals surface area contributed by atoms with Crippen LogP contribution in [-0.2, 0) is 18.4 Å². The average molecular weight is 365 g/mol. The molecule has 3 aromatic rings. The quantitative estimate of drug-likeness (QED) is 0.639. The Labute approximate surface area is 160 Å². The molecule has 136 valence electrons. The van der Waals surface area contributed by atoms with Crippen LogP contribution in [0.25, 0.3) is 10.1 Å². The van der Waals surface area contributed by atoms with Crippen LogP contribution in [0, 0.1) is 0 Å². The van der Waals surface area contributed by atoms with Crippen molar-refractivity contribution >= 4 is 27.1 Å². The van der Waals surface area contributed by atoms with E-state index in [1.807, 2.05) is 11.3 Å². The van der Waals surface area contributed by atoms with Crippen molar-refractivity contribution in [3.05, 3.63) is 64.5 Å². The van der Waals surface area contributed by atoms with Crippen LogP contribution in [0.3, 0.4) is 0 Å². The van der Waals surface area contributed by atoms with Gasteiger partial charge in [0, 0.05) is 23.5 Å². The number of rotatable bonds is 4. The van der Waals surface area contributed by atoms with Gasteiger partial charge in [-0.3, -0.25) is 5.32 Å². The lowest BCUT2D eigenvalue weighted by Gasteiger charge is -2.28. The lowest BCUT2D eigenvalue weighted by Crippen LogP contribution is -2.42. The minimum absolute atomic E-state index is 0.191. The first-order valence-corrected chi connectivity index (χ1v) is 10.4. The molecule has 0 saturated heterocycles. The molecule has 0 aliphatic carbocycles. The van der Waals surface area contributed by atoms with E-state index in [0.717, 1.165) is 19.5 Å². The molecule has 1 aliphatic heterocycles. The molecule has 0 bridgehead atoms. The summed E-state index contributed by atoms with van der Waals surface area (Å²) in [6.45, 7) is 11.2. The number of hydrogen-bond donors (Lipinski definition) is 1. The molecule has 1 unspecified atom stereocenters. The highest BCUT2D eigenvalue weighted by molar-refractivity contribution is 7.17. The molecule has 0 spiro atoms. The third-order valence-electron chi connectivity index (χ3n) is 5.44. The molecule has 4 rings (SSSR count). The molecule has 2 nitrogen and oxygen atoms in total. The van der Waals surface area contributed by atoms with Crippen LogP contribution in [-0.4, -0.2) is 12.7 Å². The summed E-state index contributed by atoms with van der Waals surface area (Å²) in [6.07, 6.45) is 1.48. The van der Waals surface area contributed by atoms with E-state index in [4.69, 9.17) is 0 Å². The second-order valence-electron chi connectivity index (χ2n) is 8.36. The van der Waals surface area contributed by atoms with Gasteiger partial charge in [-0.25, -0.2) is 0 Å². The van der Waals surface area contributed by atoms with E-state index in [1.54, 1.807) is 0 Å². The Morgan fingerprint density at radius 1 is 1.15 bits per heavy atom. The highest BCUT2D eigenvalue weighted by atomic mass is 32.1. The maximum absolute atomic E-state index is 3.73. The molecule has 1 N–H and O–H groups in total. The summed E-state index contributed by atoms with van der Waals surface area (Å²) in [6, 6.07) is 15.7. The fourth-order valence-electron chi connectivity index (χ4n) is 3.91. The fraction of sp³-hybridized carbons (Fsp3) is 0.391. The molecular weight excluding hydrogens is 336 g/mol. The summed E-state index contributed by atoms with van der Waals surface area (Å²) in [4.78, 5) is 2.49. The number of thiophene rings is 1. The molecule has 3 heteroatoms. The van der Waals surface area contributed by atoms with Gasteiger partial charge in [-0.05, 0) is 64.4 Å². The minimum Gasteiger partial charge on any atom is -0.356 e. The van der Waals surface area contributed by atoms with Crippen LogP contribution in [0.5, 0.6) is 0 Å². The molecule has 0 amide bonds. The molecule has 1 atom stereocenters. The summed E-state index contributed by atoms with van der Waals surface area (Å²) in [5.74, 6) is 0. The highest BCUT2D eigenvalue weighted by Crippen LogP contribution is 2.35. The maximum atomic E-state index is 3.73. The van der Waals surface area contributed by atoms with Gasteiger partial charge in [0.05, 0.1) is 6.17 Å². The minimum atomic E-state index is 0.191. The largest absolute Gasteiger partial charge is 0.356 e. The first-order valence-electron chi connectivity index (χ1n) is 9.52. The van der Waals surface area contributed by atoms with Crippen molar-refractivity contribution in [2.75, 3.05) is 11.4 Å². The van der Waals surface area contributed by atoms with Crippen molar-refractivity contribution in [2.45, 2.75) is 52.2 Å². The van der Waals surface area contributed by atoms with Gasteiger partial charge in [-0.1, -0.05) is 45.0 Å². The second-order valence-corrected chi connectivity index (χ2v) is 9.27. The number of fused-ring (bicyclic) bond motifs is 2. The van der Waals surface area contributed by atoms with E-state index in [0.29, 0.717) is 6.17 Å². The molecule has 0 fully saturated rings. The standard InChI is InChI=1S/C23H28N2S/c1-16(25-12-11-18-7-5-6-8-21(18)25)24-14-17-9-10-22-19(13-17)20(15-26-22)23(2,3)4/h5-10,13,15-16,24H,11-12,14H2,1-4H3. The average Bonchev–Trinajstić information content (AvgIpc) is 3.23. The van der Waals surface area contributed by atoms with E-state index in [2.05, 4.69) is 85.8 Å². The summed E-state index contributed by atoms with van der Waals surface area (Å²) in [5, 5.41) is 7.47. The Bertz CT molecular complexity index is 919. The van der Waals surface area contributed by atoms with Crippen molar-refractivity contribution in [3.63, 3.8) is 0 Å². The van der Waals surface area contributed by atoms with Gasteiger partial charge < -0.3 is 4.90 Å². The van der Waals surface area contributed by atoms with Crippen LogP contribution in [0.2, 0.25) is 0 Å². The number of nitrogens with zero attached hydrogens (tertiary/aromatic N) is 1. The van der Waals surface area contributed by atoms with Gasteiger partial charge in [-0.2, -0.15) is 0 Å². The monoisotopic (exact) mass is 364 g/mol. The topological polar surface area (TPSA) is 15.3 Å². The van der Waals surface area contributed by atoms with Crippen LogP contribution in [0.4, 0.5) is 5.69 Å². The van der Waals surface area contributed by atoms with Gasteiger partial charge in [-0.15, -0.1) is 11.3 Å². The fourth-order valence-corrected chi connectivity index (χ4v) is 5.08. The molecule has 26 heavy (non-hydrogen) atoms. The summed E-state index contributed by atoms with van der Waals surface area (Å²) < 4.78 is 1.39. The molecule has 2 aromatic carbocycles. The Hall–Kier alpha value is -1.84. The van der Waals surface area contributed by atoms with E-state index in [9.17, 15) is 0 Å². The zero-order chi connectivity index (χ0) is 18.3. The Balaban J connectivity index is 1.50. The second kappa shape index (κ2) is 6.71. The third-order valence-corrected chi connectivity index (χ3v) is 6.40. The summed E-state index contributed by atoms with van der Waals surface area (Å²) >= 11 is 1.86. The predicted molar refractivity (Wildman–Crippen MR) is 114 cm³/mol. The first-order chi connectivity index (χ1) is 12.4. The molecule has 1 aliphatic rings. The van der Waals surface area contributed by atoms with Crippen molar-refractivity contribution in [3.8, 4) is 0 Å². The molecule has 0 radical (unpaired) electrons. The Kier molecular flexibility index (Phi) is 4.54. The van der Waals surface area contributed by atoms with E-state index < -0.39 is 0 Å². The van der Waals surface area contributed by atoms with Gasteiger partial charge in [0.25, 0.3) is 0 Å². The van der Waals surface area contributed by atoms with E-state index in [-0.39, 0.29) is 5.41 Å². The van der Waals surface area contributed by atoms with Crippen LogP contribution in [0.15, 0.2) is 47.8 Å². The third kappa shape index (κ3) is 3.26. The van der Waals surface area contributed by atoms with Crippen molar-refractivity contribution < 1.29 is 0 Å². The highest BCUT2D eigenvalue weighted by Gasteiger charge is 2.23. The summed E-state index contributed by atoms with van der Waals surface area (Å²) in [5.41, 5.74) is 5.87. The predicted octanol–water partition coefficient (Wildman–Crippen LogP) is 5.70. The number of nitrogens with one attached hydrogen (secondary N) is 1. The molecule has 2 heterocycles. The van der Waals surface area contributed by atoms with E-state index >= 15 is 0 Å². The first kappa shape index (κ1) is 17.6.